The van der Waals surface area contributed by atoms with E-state index in [2.05, 4.69) is 0 Å². The smallest absolute Gasteiger partial charge is 0.197 e. The third-order valence-electron chi connectivity index (χ3n) is 1.78. The zero-order valence-electron chi connectivity index (χ0n) is 7.00. The van der Waals surface area contributed by atoms with Crippen molar-refractivity contribution in [3.63, 3.8) is 0 Å². The van der Waals surface area contributed by atoms with Crippen molar-refractivity contribution in [1.29, 1.82) is 0 Å². The van der Waals surface area contributed by atoms with Gasteiger partial charge in [0.2, 0.25) is 0 Å². The Morgan fingerprint density at radius 2 is 2.33 bits per heavy atom. The van der Waals surface area contributed by atoms with Crippen LogP contribution >= 0.6 is 11.6 Å². The maximum absolute atomic E-state index is 11.1. The highest BCUT2D eigenvalue weighted by atomic mass is 35.5. The predicted octanol–water partition coefficient (Wildman–Crippen LogP) is 1.38. The summed E-state index contributed by atoms with van der Waals surface area (Å²) >= 11 is 5.66. The molecule has 0 saturated heterocycles. The van der Waals surface area contributed by atoms with Gasteiger partial charge in [0.05, 0.1) is 18.6 Å². The van der Waals surface area contributed by atoms with E-state index in [1.54, 1.807) is 20.1 Å². The fraction of sp³-hybridized carbons (Fsp3) is 0.375. The highest BCUT2D eigenvalue weighted by molar-refractivity contribution is 6.17. The minimum Gasteiger partial charge on any atom is -0.618 e. The lowest BCUT2D eigenvalue weighted by Gasteiger charge is -2.08. The number of halogens is 1. The number of ether oxygens (including phenoxy) is 1. The van der Waals surface area contributed by atoms with Gasteiger partial charge in [0, 0.05) is 13.0 Å². The summed E-state index contributed by atoms with van der Waals surface area (Å²) in [5.74, 6) is 0.951. The van der Waals surface area contributed by atoms with Crippen LogP contribution in [0.15, 0.2) is 12.3 Å². The average Bonchev–Trinajstić information content (AvgIpc) is 2.09. The first-order valence-electron chi connectivity index (χ1n) is 3.52. The zero-order chi connectivity index (χ0) is 9.14. The molecule has 0 bridgehead atoms. The maximum Gasteiger partial charge on any atom is 0.197 e. The first-order valence-corrected chi connectivity index (χ1v) is 4.05. The van der Waals surface area contributed by atoms with Crippen molar-refractivity contribution in [3.05, 3.63) is 28.7 Å². The molecule has 0 atom stereocenters. The Bertz CT molecular complexity index is 289. The van der Waals surface area contributed by atoms with E-state index in [1.165, 1.54) is 6.20 Å². The minimum atomic E-state index is 0.290. The normalized spacial score (nSPS) is 9.92. The van der Waals surface area contributed by atoms with Crippen LogP contribution in [-0.4, -0.2) is 7.11 Å². The largest absolute Gasteiger partial charge is 0.618 e. The van der Waals surface area contributed by atoms with Crippen molar-refractivity contribution >= 4 is 11.6 Å². The second-order valence-electron chi connectivity index (χ2n) is 2.41. The highest BCUT2D eigenvalue weighted by Crippen LogP contribution is 2.20. The molecule has 0 unspecified atom stereocenters. The number of aromatic nitrogens is 1. The summed E-state index contributed by atoms with van der Waals surface area (Å²) in [4.78, 5) is 0. The molecule has 0 N–H and O–H groups in total. The lowest BCUT2D eigenvalue weighted by Crippen LogP contribution is -2.30. The topological polar surface area (TPSA) is 36.2 Å². The van der Waals surface area contributed by atoms with Crippen molar-refractivity contribution in [2.45, 2.75) is 12.8 Å². The molecular formula is C8H10ClNO2. The standard InChI is InChI=1S/C8H10ClNO2/c1-6-7(5-9)8(12-2)3-4-10(6)11/h3-4H,5H2,1-2H3. The fourth-order valence-corrected chi connectivity index (χ4v) is 1.34. The van der Waals surface area contributed by atoms with E-state index in [0.29, 0.717) is 11.4 Å². The van der Waals surface area contributed by atoms with Gasteiger partial charge in [-0.1, -0.05) is 0 Å². The number of nitrogens with zero attached hydrogens (tertiary/aromatic N) is 1. The molecule has 0 amide bonds. The van der Waals surface area contributed by atoms with Crippen LogP contribution in [-0.2, 0) is 5.88 Å². The van der Waals surface area contributed by atoms with Crippen molar-refractivity contribution in [2.75, 3.05) is 7.11 Å². The predicted molar refractivity (Wildman–Crippen MR) is 46.2 cm³/mol. The molecule has 0 aliphatic rings. The SMILES string of the molecule is COc1cc[n+]([O-])c(C)c1CCl. The molecular weight excluding hydrogens is 178 g/mol. The molecule has 1 rings (SSSR count). The summed E-state index contributed by atoms with van der Waals surface area (Å²) < 4.78 is 5.81. The molecule has 12 heavy (non-hydrogen) atoms. The third-order valence-corrected chi connectivity index (χ3v) is 2.05. The Balaban J connectivity index is 3.25. The first kappa shape index (κ1) is 9.13. The van der Waals surface area contributed by atoms with E-state index in [-0.39, 0.29) is 5.88 Å². The van der Waals surface area contributed by atoms with E-state index in [0.717, 1.165) is 10.3 Å². The van der Waals surface area contributed by atoms with E-state index in [4.69, 9.17) is 16.3 Å². The van der Waals surface area contributed by atoms with Gasteiger partial charge < -0.3 is 9.94 Å². The van der Waals surface area contributed by atoms with Crippen LogP contribution in [0, 0.1) is 12.1 Å². The van der Waals surface area contributed by atoms with Gasteiger partial charge in [-0.15, -0.1) is 11.6 Å². The monoisotopic (exact) mass is 187 g/mol. The molecule has 1 aromatic rings. The van der Waals surface area contributed by atoms with Crippen molar-refractivity contribution in [1.82, 2.24) is 0 Å². The van der Waals surface area contributed by atoms with Crippen LogP contribution in [0.1, 0.15) is 11.3 Å². The summed E-state index contributed by atoms with van der Waals surface area (Å²) in [6.07, 6.45) is 1.41. The molecule has 0 aliphatic heterocycles. The van der Waals surface area contributed by atoms with Crippen molar-refractivity contribution in [2.24, 2.45) is 0 Å². The number of rotatable bonds is 2. The number of pyridine rings is 1. The summed E-state index contributed by atoms with van der Waals surface area (Å²) in [5, 5.41) is 11.1. The van der Waals surface area contributed by atoms with E-state index in [9.17, 15) is 5.21 Å². The van der Waals surface area contributed by atoms with Crippen molar-refractivity contribution < 1.29 is 9.47 Å². The van der Waals surface area contributed by atoms with Crippen LogP contribution in [0.5, 0.6) is 5.75 Å². The molecule has 0 aliphatic carbocycles. The fourth-order valence-electron chi connectivity index (χ4n) is 1.01. The Morgan fingerprint density at radius 1 is 1.67 bits per heavy atom. The minimum absolute atomic E-state index is 0.290. The molecule has 4 heteroatoms. The summed E-state index contributed by atoms with van der Waals surface area (Å²) in [5.41, 5.74) is 1.33. The molecule has 0 fully saturated rings. The third kappa shape index (κ3) is 1.46. The van der Waals surface area contributed by atoms with Gasteiger partial charge in [-0.3, -0.25) is 0 Å². The average molecular weight is 188 g/mol. The molecule has 1 aromatic heterocycles. The molecule has 1 heterocycles. The second-order valence-corrected chi connectivity index (χ2v) is 2.67. The summed E-state index contributed by atoms with van der Waals surface area (Å²) in [6, 6.07) is 1.61. The Labute approximate surface area is 76.1 Å². The highest BCUT2D eigenvalue weighted by Gasteiger charge is 2.11. The molecule has 0 aromatic carbocycles. The Hall–Kier alpha value is -0.960. The maximum atomic E-state index is 11.1. The Morgan fingerprint density at radius 3 is 2.83 bits per heavy atom. The van der Waals surface area contributed by atoms with E-state index < -0.39 is 0 Å². The first-order chi connectivity index (χ1) is 5.70. The van der Waals surface area contributed by atoms with Gasteiger partial charge in [0.15, 0.2) is 11.9 Å². The van der Waals surface area contributed by atoms with E-state index in [1.807, 2.05) is 0 Å². The molecule has 3 nitrogen and oxygen atoms in total. The summed E-state index contributed by atoms with van der Waals surface area (Å²) in [6.45, 7) is 1.72. The van der Waals surface area contributed by atoms with Crippen LogP contribution in [0.2, 0.25) is 0 Å². The molecule has 0 saturated carbocycles. The lowest BCUT2D eigenvalue weighted by atomic mass is 10.2. The second kappa shape index (κ2) is 3.63. The van der Waals surface area contributed by atoms with Gasteiger partial charge in [0.25, 0.3) is 0 Å². The van der Waals surface area contributed by atoms with Crippen molar-refractivity contribution in [3.8, 4) is 5.75 Å². The molecule has 0 spiro atoms. The van der Waals surface area contributed by atoms with Crippen LogP contribution < -0.4 is 9.47 Å². The van der Waals surface area contributed by atoms with Crippen LogP contribution in [0.3, 0.4) is 0 Å². The zero-order valence-corrected chi connectivity index (χ0v) is 7.76. The van der Waals surface area contributed by atoms with E-state index >= 15 is 0 Å². The number of methoxy groups -OCH3 is 1. The van der Waals surface area contributed by atoms with Gasteiger partial charge >= 0.3 is 0 Å². The Kier molecular flexibility index (Phi) is 2.76. The quantitative estimate of drug-likeness (QED) is 0.399. The molecule has 0 radical (unpaired) electrons. The lowest BCUT2D eigenvalue weighted by molar-refractivity contribution is -0.612. The van der Waals surface area contributed by atoms with Gasteiger partial charge in [-0.2, -0.15) is 4.73 Å². The van der Waals surface area contributed by atoms with Gasteiger partial charge in [-0.25, -0.2) is 0 Å². The van der Waals surface area contributed by atoms with Gasteiger partial charge in [0.1, 0.15) is 5.75 Å². The number of hydrogen-bond donors (Lipinski definition) is 0. The summed E-state index contributed by atoms with van der Waals surface area (Å²) in [7, 11) is 1.56. The number of alkyl halides is 1. The number of hydrogen-bond acceptors (Lipinski definition) is 2. The van der Waals surface area contributed by atoms with Crippen LogP contribution in [0.4, 0.5) is 0 Å². The molecule has 66 valence electrons. The van der Waals surface area contributed by atoms with Gasteiger partial charge in [-0.05, 0) is 0 Å². The van der Waals surface area contributed by atoms with Crippen LogP contribution in [0.25, 0.3) is 0 Å².